The number of para-hydroxylation sites is 3. The monoisotopic (exact) mass is 742 g/mol. The van der Waals surface area contributed by atoms with Crippen molar-refractivity contribution in [2.24, 2.45) is 0 Å². The molecule has 0 atom stereocenters. The van der Waals surface area contributed by atoms with Crippen LogP contribution in [0.15, 0.2) is 230 Å². The molecule has 3 heteroatoms. The molecule has 0 saturated heterocycles. The molecule has 0 spiro atoms. The van der Waals surface area contributed by atoms with E-state index >= 15 is 0 Å². The van der Waals surface area contributed by atoms with E-state index in [1.807, 2.05) is 6.07 Å². The number of fused-ring (bicyclic) bond motifs is 7. The van der Waals surface area contributed by atoms with Crippen LogP contribution < -0.4 is 9.80 Å². The SMILES string of the molecule is C=C1/C=C\C=C/N(c2ccccc2)c2cc(N(c3ccccc3)c3ccc(C4(c5ccc6oc7ccccc7c6c5)c5ccccc5-c5ccccc54)cc3)ccc21. The molecule has 0 radical (unpaired) electrons. The molecule has 58 heavy (non-hydrogen) atoms. The topological polar surface area (TPSA) is 19.6 Å². The summed E-state index contributed by atoms with van der Waals surface area (Å²) in [4.78, 5) is 4.60. The molecular weight excluding hydrogens is 705 g/mol. The summed E-state index contributed by atoms with van der Waals surface area (Å²) in [6.45, 7) is 4.45. The van der Waals surface area contributed by atoms with Gasteiger partial charge >= 0.3 is 0 Å². The van der Waals surface area contributed by atoms with Crippen molar-refractivity contribution in [3.05, 3.63) is 253 Å². The zero-order valence-electron chi connectivity index (χ0n) is 31.8. The van der Waals surface area contributed by atoms with Gasteiger partial charge in [0, 0.05) is 45.3 Å². The van der Waals surface area contributed by atoms with E-state index in [0.29, 0.717) is 0 Å². The lowest BCUT2D eigenvalue weighted by Crippen LogP contribution is -2.28. The van der Waals surface area contributed by atoms with Crippen LogP contribution in [0.25, 0.3) is 38.6 Å². The van der Waals surface area contributed by atoms with Gasteiger partial charge in [-0.3, -0.25) is 0 Å². The first-order valence-corrected chi connectivity index (χ1v) is 19.8. The van der Waals surface area contributed by atoms with Gasteiger partial charge in [0.2, 0.25) is 0 Å². The number of hydrogen-bond donors (Lipinski definition) is 0. The molecule has 0 N–H and O–H groups in total. The van der Waals surface area contributed by atoms with E-state index in [1.54, 1.807) is 0 Å². The Hall–Kier alpha value is -7.62. The highest BCUT2D eigenvalue weighted by Gasteiger charge is 2.46. The number of nitrogens with zero attached hydrogens (tertiary/aromatic N) is 2. The fourth-order valence-corrected chi connectivity index (χ4v) is 9.29. The molecule has 0 saturated carbocycles. The third-order valence-corrected chi connectivity index (χ3v) is 11.9. The maximum absolute atomic E-state index is 6.34. The molecule has 0 amide bonds. The molecule has 1 aliphatic heterocycles. The first-order chi connectivity index (χ1) is 28.7. The van der Waals surface area contributed by atoms with Gasteiger partial charge in [0.25, 0.3) is 0 Å². The Bertz CT molecular complexity index is 3040. The molecule has 1 aromatic heterocycles. The first kappa shape index (κ1) is 33.7. The van der Waals surface area contributed by atoms with Gasteiger partial charge in [0.05, 0.1) is 11.1 Å². The van der Waals surface area contributed by atoms with Crippen molar-refractivity contribution in [2.75, 3.05) is 9.80 Å². The van der Waals surface area contributed by atoms with Crippen LogP contribution in [-0.2, 0) is 5.41 Å². The number of hydrogen-bond acceptors (Lipinski definition) is 3. The van der Waals surface area contributed by atoms with Crippen LogP contribution in [0, 0.1) is 0 Å². The van der Waals surface area contributed by atoms with E-state index in [-0.39, 0.29) is 0 Å². The predicted octanol–water partition coefficient (Wildman–Crippen LogP) is 14.7. The van der Waals surface area contributed by atoms with E-state index in [1.165, 1.54) is 33.4 Å². The molecule has 1 aliphatic carbocycles. The highest BCUT2D eigenvalue weighted by molar-refractivity contribution is 6.05. The van der Waals surface area contributed by atoms with E-state index in [4.69, 9.17) is 4.42 Å². The smallest absolute Gasteiger partial charge is 0.135 e. The summed E-state index contributed by atoms with van der Waals surface area (Å²) in [5.41, 5.74) is 16.1. The van der Waals surface area contributed by atoms with E-state index in [0.717, 1.165) is 61.5 Å². The quantitative estimate of drug-likeness (QED) is 0.169. The molecule has 2 heterocycles. The summed E-state index contributed by atoms with van der Waals surface area (Å²) in [5, 5.41) is 2.25. The normalized spacial score (nSPS) is 15.0. The average Bonchev–Trinajstić information content (AvgIpc) is 3.80. The Kier molecular flexibility index (Phi) is 7.87. The molecule has 2 aliphatic rings. The van der Waals surface area contributed by atoms with Crippen LogP contribution in [0.1, 0.15) is 27.8 Å². The Morgan fingerprint density at radius 2 is 1.07 bits per heavy atom. The third kappa shape index (κ3) is 5.21. The Labute approximate surface area is 338 Å². The molecule has 9 aromatic rings. The second kappa shape index (κ2) is 13.5. The van der Waals surface area contributed by atoms with Crippen LogP contribution in [-0.4, -0.2) is 0 Å². The van der Waals surface area contributed by atoms with Gasteiger partial charge in [-0.25, -0.2) is 0 Å². The summed E-state index contributed by atoms with van der Waals surface area (Å²) in [6, 6.07) is 70.0. The van der Waals surface area contributed by atoms with Crippen LogP contribution in [0.4, 0.5) is 28.4 Å². The highest BCUT2D eigenvalue weighted by Crippen LogP contribution is 2.57. The van der Waals surface area contributed by atoms with Gasteiger partial charge in [0.15, 0.2) is 0 Å². The van der Waals surface area contributed by atoms with Crippen LogP contribution in [0.3, 0.4) is 0 Å². The lowest BCUT2D eigenvalue weighted by molar-refractivity contribution is 0.668. The minimum Gasteiger partial charge on any atom is -0.456 e. The zero-order valence-corrected chi connectivity index (χ0v) is 31.8. The van der Waals surface area contributed by atoms with E-state index in [2.05, 4.69) is 229 Å². The minimum atomic E-state index is -0.561. The first-order valence-electron chi connectivity index (χ1n) is 19.8. The molecule has 3 nitrogen and oxygen atoms in total. The summed E-state index contributed by atoms with van der Waals surface area (Å²) >= 11 is 0. The van der Waals surface area contributed by atoms with Gasteiger partial charge in [0.1, 0.15) is 11.2 Å². The number of allylic oxidation sites excluding steroid dienone is 4. The molecular formula is C55H38N2O. The summed E-state index contributed by atoms with van der Waals surface area (Å²) in [5.74, 6) is 0. The van der Waals surface area contributed by atoms with E-state index < -0.39 is 5.41 Å². The number of furan rings is 1. The second-order valence-electron chi connectivity index (χ2n) is 15.0. The molecule has 0 bridgehead atoms. The maximum Gasteiger partial charge on any atom is 0.135 e. The van der Waals surface area contributed by atoms with Gasteiger partial charge in [-0.2, -0.15) is 0 Å². The minimum absolute atomic E-state index is 0.561. The standard InChI is InChI=1S/C55H38N2O/c1-38-16-14-15-35-56(41-17-4-2-5-18-41)52-37-44(32-33-45(38)52)57(42-19-6-3-7-20-42)43-30-27-39(28-31-43)55(50-24-11-8-21-46(50)47-22-9-12-25-51(47)55)40-29-34-54-49(36-40)48-23-10-13-26-53(48)58-54/h2-37H,1H2/b16-14-,35-15-. The summed E-state index contributed by atoms with van der Waals surface area (Å²) in [7, 11) is 0. The predicted molar refractivity (Wildman–Crippen MR) is 242 cm³/mol. The molecule has 8 aromatic carbocycles. The Morgan fingerprint density at radius 3 is 1.83 bits per heavy atom. The summed E-state index contributed by atoms with van der Waals surface area (Å²) in [6.07, 6.45) is 8.33. The second-order valence-corrected chi connectivity index (χ2v) is 15.0. The Morgan fingerprint density at radius 1 is 0.466 bits per heavy atom. The lowest BCUT2D eigenvalue weighted by atomic mass is 9.67. The summed E-state index contributed by atoms with van der Waals surface area (Å²) < 4.78 is 6.34. The van der Waals surface area contributed by atoms with Crippen LogP contribution >= 0.6 is 0 Å². The van der Waals surface area contributed by atoms with Crippen molar-refractivity contribution in [1.29, 1.82) is 0 Å². The molecule has 0 fully saturated rings. The fourth-order valence-electron chi connectivity index (χ4n) is 9.29. The van der Waals surface area contributed by atoms with Gasteiger partial charge < -0.3 is 14.2 Å². The van der Waals surface area contributed by atoms with Crippen molar-refractivity contribution < 1.29 is 4.42 Å². The van der Waals surface area contributed by atoms with Crippen LogP contribution in [0.5, 0.6) is 0 Å². The Balaban J connectivity index is 1.11. The van der Waals surface area contributed by atoms with Crippen molar-refractivity contribution >= 4 is 55.9 Å². The third-order valence-electron chi connectivity index (χ3n) is 11.9. The maximum atomic E-state index is 6.34. The fraction of sp³-hybridized carbons (Fsp3) is 0.0182. The van der Waals surface area contributed by atoms with Crippen molar-refractivity contribution in [3.8, 4) is 11.1 Å². The van der Waals surface area contributed by atoms with Crippen molar-refractivity contribution in [1.82, 2.24) is 0 Å². The number of benzene rings is 8. The largest absolute Gasteiger partial charge is 0.456 e. The van der Waals surface area contributed by atoms with Crippen molar-refractivity contribution in [3.63, 3.8) is 0 Å². The van der Waals surface area contributed by atoms with Gasteiger partial charge in [-0.15, -0.1) is 0 Å². The molecule has 11 rings (SSSR count). The molecule has 0 unspecified atom stereocenters. The van der Waals surface area contributed by atoms with Crippen molar-refractivity contribution in [2.45, 2.75) is 5.41 Å². The molecule has 274 valence electrons. The number of anilines is 5. The van der Waals surface area contributed by atoms with E-state index in [9.17, 15) is 0 Å². The van der Waals surface area contributed by atoms with Gasteiger partial charge in [-0.1, -0.05) is 146 Å². The lowest BCUT2D eigenvalue weighted by Gasteiger charge is -2.34. The highest BCUT2D eigenvalue weighted by atomic mass is 16.3. The van der Waals surface area contributed by atoms with Gasteiger partial charge in [-0.05, 0) is 112 Å². The number of rotatable bonds is 6. The van der Waals surface area contributed by atoms with Crippen LogP contribution in [0.2, 0.25) is 0 Å². The zero-order chi connectivity index (χ0) is 38.6. The average molecular weight is 743 g/mol.